The Morgan fingerprint density at radius 1 is 0.900 bits per heavy atom. The highest BCUT2D eigenvalue weighted by molar-refractivity contribution is 9.12. The first-order valence-electron chi connectivity index (χ1n) is 6.44. The molecular weight excluding hydrogens is 318 g/mol. The molecule has 1 saturated heterocycles. The fourth-order valence-corrected chi connectivity index (χ4v) is 3.27. The molecule has 1 aliphatic carbocycles. The highest BCUT2D eigenvalue weighted by atomic mass is 79.9. The summed E-state index contributed by atoms with van der Waals surface area (Å²) in [5.41, 5.74) is 1.52. The van der Waals surface area contributed by atoms with Crippen LogP contribution in [0.15, 0.2) is 46.6 Å². The van der Waals surface area contributed by atoms with Crippen LogP contribution in [0, 0.1) is 0 Å². The molecule has 0 radical (unpaired) electrons. The second kappa shape index (κ2) is 4.03. The van der Waals surface area contributed by atoms with E-state index in [0.29, 0.717) is 21.3 Å². The van der Waals surface area contributed by atoms with Crippen LogP contribution in [-0.4, -0.2) is 29.6 Å². The molecule has 98 valence electrons. The minimum atomic E-state index is -0.104. The Morgan fingerprint density at radius 3 is 2.00 bits per heavy atom. The summed E-state index contributed by atoms with van der Waals surface area (Å²) in [6, 6.07) is 11.4. The molecule has 2 aromatic carbocycles. The van der Waals surface area contributed by atoms with Crippen molar-refractivity contribution in [3.8, 4) is 0 Å². The zero-order valence-electron chi connectivity index (χ0n) is 10.5. The maximum atomic E-state index is 12.6. The third kappa shape index (κ3) is 1.58. The molecule has 0 atom stereocenters. The second-order valence-corrected chi connectivity index (χ2v) is 5.85. The van der Waals surface area contributed by atoms with Crippen molar-refractivity contribution >= 4 is 38.3 Å². The van der Waals surface area contributed by atoms with Crippen molar-refractivity contribution in [2.24, 2.45) is 0 Å². The van der Waals surface area contributed by atoms with E-state index in [1.165, 1.54) is 0 Å². The van der Waals surface area contributed by atoms with Gasteiger partial charge in [-0.25, -0.2) is 0 Å². The van der Waals surface area contributed by atoms with Crippen LogP contribution < -0.4 is 0 Å². The van der Waals surface area contributed by atoms with Crippen LogP contribution in [0.5, 0.6) is 0 Å². The summed E-state index contributed by atoms with van der Waals surface area (Å²) in [5.74, 6) is -0.165. The lowest BCUT2D eigenvalue weighted by atomic mass is 9.90. The lowest BCUT2D eigenvalue weighted by molar-refractivity contribution is 0.0968. The molecule has 2 aliphatic rings. The summed E-state index contributed by atoms with van der Waals surface area (Å²) in [4.78, 5) is 27.0. The van der Waals surface area contributed by atoms with Crippen LogP contribution in [0.3, 0.4) is 0 Å². The quantitative estimate of drug-likeness (QED) is 0.755. The van der Waals surface area contributed by atoms with E-state index in [2.05, 4.69) is 15.9 Å². The number of fused-ring (bicyclic) bond motifs is 2. The number of allylic oxidation sites excluding steroid dienone is 2. The maximum absolute atomic E-state index is 12.6. The Labute approximate surface area is 124 Å². The van der Waals surface area contributed by atoms with E-state index < -0.39 is 0 Å². The maximum Gasteiger partial charge on any atom is 0.211 e. The summed E-state index contributed by atoms with van der Waals surface area (Å²) in [5, 5.41) is 1.96. The molecule has 0 amide bonds. The van der Waals surface area contributed by atoms with Gasteiger partial charge in [0, 0.05) is 24.2 Å². The molecule has 3 nitrogen and oxygen atoms in total. The number of ketones is 2. The van der Waals surface area contributed by atoms with Gasteiger partial charge in [-0.1, -0.05) is 24.3 Å². The largest absolute Gasteiger partial charge is 0.364 e. The number of halogens is 1. The first kappa shape index (κ1) is 11.9. The summed E-state index contributed by atoms with van der Waals surface area (Å²) < 4.78 is 0.391. The monoisotopic (exact) mass is 327 g/mol. The summed E-state index contributed by atoms with van der Waals surface area (Å²) in [6.07, 6.45) is 0. The second-order valence-electron chi connectivity index (χ2n) is 5.05. The van der Waals surface area contributed by atoms with Crippen molar-refractivity contribution in [1.82, 2.24) is 4.90 Å². The van der Waals surface area contributed by atoms with Gasteiger partial charge in [-0.2, -0.15) is 0 Å². The zero-order valence-corrected chi connectivity index (χ0v) is 12.1. The number of benzene rings is 2. The zero-order chi connectivity index (χ0) is 13.9. The topological polar surface area (TPSA) is 37.1 Å². The molecule has 0 saturated carbocycles. The van der Waals surface area contributed by atoms with Crippen LogP contribution in [0.25, 0.3) is 10.8 Å². The summed E-state index contributed by atoms with van der Waals surface area (Å²) >= 11 is 3.30. The summed E-state index contributed by atoms with van der Waals surface area (Å²) in [7, 11) is 0. The average Bonchev–Trinajstić information content (AvgIpc) is 3.28. The van der Waals surface area contributed by atoms with E-state index in [-0.39, 0.29) is 11.6 Å². The Kier molecular flexibility index (Phi) is 2.39. The third-order valence-electron chi connectivity index (χ3n) is 3.76. The molecule has 4 rings (SSSR count). The van der Waals surface area contributed by atoms with E-state index in [9.17, 15) is 9.59 Å². The van der Waals surface area contributed by atoms with Gasteiger partial charge in [0.25, 0.3) is 0 Å². The van der Waals surface area contributed by atoms with Crippen LogP contribution in [-0.2, 0) is 0 Å². The van der Waals surface area contributed by atoms with Crippen LogP contribution >= 0.6 is 15.9 Å². The number of rotatable bonds is 1. The number of hydrogen-bond donors (Lipinski definition) is 0. The van der Waals surface area contributed by atoms with Crippen molar-refractivity contribution in [2.45, 2.75) is 0 Å². The molecule has 1 heterocycles. The van der Waals surface area contributed by atoms with E-state index in [4.69, 9.17) is 0 Å². The van der Waals surface area contributed by atoms with Crippen molar-refractivity contribution in [2.75, 3.05) is 13.1 Å². The fraction of sp³-hybridized carbons (Fsp3) is 0.125. The lowest BCUT2D eigenvalue weighted by Crippen LogP contribution is -2.23. The summed E-state index contributed by atoms with van der Waals surface area (Å²) in [6.45, 7) is 1.68. The van der Waals surface area contributed by atoms with Gasteiger partial charge in [0.15, 0.2) is 0 Å². The molecule has 0 unspecified atom stereocenters. The van der Waals surface area contributed by atoms with Gasteiger partial charge >= 0.3 is 0 Å². The average molecular weight is 328 g/mol. The number of Topliss-reactive ketones (excluding diaryl/α,β-unsaturated/α-hetero) is 2. The molecule has 0 aromatic heterocycles. The Balaban J connectivity index is 2.00. The molecule has 1 aliphatic heterocycles. The fourth-order valence-electron chi connectivity index (χ4n) is 2.63. The minimum Gasteiger partial charge on any atom is -0.364 e. The standard InChI is InChI=1S/C16H10BrNO2/c17-13-14(18-5-6-18)16(20)12-8-10-4-2-1-3-9(10)7-11(12)15(13)19/h1-4,7-8H,5-6H2. The van der Waals surface area contributed by atoms with Gasteiger partial charge in [-0.3, -0.25) is 9.59 Å². The Morgan fingerprint density at radius 2 is 1.45 bits per heavy atom. The van der Waals surface area contributed by atoms with Crippen molar-refractivity contribution in [3.05, 3.63) is 57.7 Å². The molecule has 20 heavy (non-hydrogen) atoms. The predicted octanol–water partition coefficient (Wildman–Crippen LogP) is 3.14. The van der Waals surface area contributed by atoms with Gasteiger partial charge < -0.3 is 4.90 Å². The predicted molar refractivity (Wildman–Crippen MR) is 80.1 cm³/mol. The van der Waals surface area contributed by atoms with Gasteiger partial charge in [-0.05, 0) is 38.8 Å². The van der Waals surface area contributed by atoms with E-state index in [0.717, 1.165) is 23.9 Å². The molecule has 4 heteroatoms. The highest BCUT2D eigenvalue weighted by Crippen LogP contribution is 2.35. The number of carbonyl (C=O) groups excluding carboxylic acids is 2. The highest BCUT2D eigenvalue weighted by Gasteiger charge is 2.37. The first-order chi connectivity index (χ1) is 9.66. The SMILES string of the molecule is O=C1C(Br)=C(N2CC2)C(=O)c2cc3ccccc3cc21. The molecule has 1 fully saturated rings. The lowest BCUT2D eigenvalue weighted by Gasteiger charge is -2.19. The Bertz CT molecular complexity index is 818. The first-order valence-corrected chi connectivity index (χ1v) is 7.23. The van der Waals surface area contributed by atoms with Crippen molar-refractivity contribution in [3.63, 3.8) is 0 Å². The van der Waals surface area contributed by atoms with Crippen LogP contribution in [0.2, 0.25) is 0 Å². The van der Waals surface area contributed by atoms with Crippen molar-refractivity contribution in [1.29, 1.82) is 0 Å². The number of nitrogens with zero attached hydrogens (tertiary/aromatic N) is 1. The molecule has 0 bridgehead atoms. The normalized spacial score (nSPS) is 17.8. The van der Waals surface area contributed by atoms with Gasteiger partial charge in [-0.15, -0.1) is 0 Å². The van der Waals surface area contributed by atoms with Crippen LogP contribution in [0.4, 0.5) is 0 Å². The number of carbonyl (C=O) groups is 2. The minimum absolute atomic E-state index is 0.0604. The van der Waals surface area contributed by atoms with E-state index in [1.54, 1.807) is 0 Å². The third-order valence-corrected chi connectivity index (χ3v) is 4.50. The Hall–Kier alpha value is -1.94. The molecule has 2 aromatic rings. The number of hydrogen-bond acceptors (Lipinski definition) is 3. The molecule has 0 spiro atoms. The molecular formula is C16H10BrNO2. The molecule has 0 N–H and O–H groups in total. The van der Waals surface area contributed by atoms with Gasteiger partial charge in [0.1, 0.15) is 5.70 Å². The van der Waals surface area contributed by atoms with E-state index >= 15 is 0 Å². The van der Waals surface area contributed by atoms with E-state index in [1.807, 2.05) is 41.3 Å². The van der Waals surface area contributed by atoms with Crippen molar-refractivity contribution < 1.29 is 9.59 Å². The van der Waals surface area contributed by atoms with Crippen LogP contribution in [0.1, 0.15) is 20.7 Å². The smallest absolute Gasteiger partial charge is 0.211 e. The van der Waals surface area contributed by atoms with Gasteiger partial charge in [0.2, 0.25) is 11.6 Å². The van der Waals surface area contributed by atoms with Gasteiger partial charge in [0.05, 0.1) is 4.48 Å².